The topological polar surface area (TPSA) is 77.8 Å². The molecule has 1 saturated heterocycles. The standard InChI is InChI=1S/C23H28N6O3.ClH/c1-3-27-10-12-28(13-11-27)22(18-5-7-19(30-2)8-6-18)23-24-25-26-29(23)15-17-4-9-20-21(14-17)32-16-31-20;/h4-9,14,22H,3,10-13,15-16H2,1-2H3;1H/p-1. The average molecular weight is 472 g/mol. The Morgan fingerprint density at radius 1 is 1.00 bits per heavy atom. The van der Waals surface area contributed by atoms with Crippen molar-refractivity contribution in [3.8, 4) is 17.2 Å². The molecule has 0 bridgehead atoms. The summed E-state index contributed by atoms with van der Waals surface area (Å²) in [5, 5.41) is 12.9. The van der Waals surface area contributed by atoms with E-state index in [0.29, 0.717) is 6.54 Å². The van der Waals surface area contributed by atoms with E-state index in [9.17, 15) is 0 Å². The zero-order chi connectivity index (χ0) is 21.9. The number of rotatable bonds is 7. The number of hydrogen-bond donors (Lipinski definition) is 0. The molecule has 176 valence electrons. The lowest BCUT2D eigenvalue weighted by molar-refractivity contribution is -0.00000856. The average Bonchev–Trinajstić information content (AvgIpc) is 3.50. The van der Waals surface area contributed by atoms with Crippen molar-refractivity contribution in [3.05, 3.63) is 59.4 Å². The van der Waals surface area contributed by atoms with E-state index in [1.165, 1.54) is 0 Å². The van der Waals surface area contributed by atoms with Crippen LogP contribution >= 0.6 is 0 Å². The Labute approximate surface area is 199 Å². The minimum atomic E-state index is -0.0380. The van der Waals surface area contributed by atoms with Crippen LogP contribution in [0.3, 0.4) is 0 Å². The Bertz CT molecular complexity index is 1050. The van der Waals surface area contributed by atoms with Gasteiger partial charge in [0.25, 0.3) is 0 Å². The van der Waals surface area contributed by atoms with Gasteiger partial charge in [-0.1, -0.05) is 25.1 Å². The van der Waals surface area contributed by atoms with E-state index in [1.54, 1.807) is 7.11 Å². The Morgan fingerprint density at radius 3 is 2.48 bits per heavy atom. The van der Waals surface area contributed by atoms with Crippen molar-refractivity contribution in [1.82, 2.24) is 30.0 Å². The highest BCUT2D eigenvalue weighted by Crippen LogP contribution is 2.33. The molecule has 1 atom stereocenters. The Balaban J connectivity index is 0.00000259. The summed E-state index contributed by atoms with van der Waals surface area (Å²) in [7, 11) is 1.68. The lowest BCUT2D eigenvalue weighted by Crippen LogP contribution is -3.00. The normalized spacial score (nSPS) is 16.9. The van der Waals surface area contributed by atoms with E-state index in [2.05, 4.69) is 44.4 Å². The van der Waals surface area contributed by atoms with Gasteiger partial charge >= 0.3 is 0 Å². The van der Waals surface area contributed by atoms with Crippen molar-refractivity contribution < 1.29 is 26.6 Å². The van der Waals surface area contributed by atoms with Crippen LogP contribution < -0.4 is 26.6 Å². The van der Waals surface area contributed by atoms with Crippen LogP contribution in [0.1, 0.15) is 29.9 Å². The van der Waals surface area contributed by atoms with Crippen LogP contribution in [0.15, 0.2) is 42.5 Å². The molecule has 1 fully saturated rings. The maximum Gasteiger partial charge on any atom is 0.231 e. The van der Waals surface area contributed by atoms with Crippen LogP contribution in [-0.2, 0) is 6.54 Å². The fraction of sp³-hybridized carbons (Fsp3) is 0.435. The highest BCUT2D eigenvalue weighted by Gasteiger charge is 2.30. The molecular weight excluding hydrogens is 444 g/mol. The van der Waals surface area contributed by atoms with Gasteiger partial charge in [0.1, 0.15) is 5.75 Å². The molecule has 9 nitrogen and oxygen atoms in total. The molecule has 0 spiro atoms. The molecule has 2 aliphatic rings. The van der Waals surface area contributed by atoms with Gasteiger partial charge in [0.05, 0.1) is 19.7 Å². The highest BCUT2D eigenvalue weighted by atomic mass is 35.5. The third-order valence-corrected chi connectivity index (χ3v) is 6.22. The van der Waals surface area contributed by atoms with Crippen LogP contribution in [0.5, 0.6) is 17.2 Å². The van der Waals surface area contributed by atoms with Crippen LogP contribution in [0, 0.1) is 0 Å². The summed E-state index contributed by atoms with van der Waals surface area (Å²) in [4.78, 5) is 4.94. The minimum absolute atomic E-state index is 0. The van der Waals surface area contributed by atoms with Gasteiger partial charge < -0.3 is 31.5 Å². The number of methoxy groups -OCH3 is 1. The van der Waals surface area contributed by atoms with Crippen LogP contribution in [0.25, 0.3) is 0 Å². The van der Waals surface area contributed by atoms with Crippen LogP contribution in [0.2, 0.25) is 0 Å². The molecule has 1 aromatic heterocycles. The molecule has 1 unspecified atom stereocenters. The summed E-state index contributed by atoms with van der Waals surface area (Å²) >= 11 is 0. The van der Waals surface area contributed by atoms with E-state index in [4.69, 9.17) is 14.2 Å². The number of benzene rings is 2. The number of fused-ring (bicyclic) bond motifs is 1. The fourth-order valence-electron chi connectivity index (χ4n) is 4.38. The fourth-order valence-corrected chi connectivity index (χ4v) is 4.38. The highest BCUT2D eigenvalue weighted by molar-refractivity contribution is 5.44. The van der Waals surface area contributed by atoms with E-state index >= 15 is 0 Å². The van der Waals surface area contributed by atoms with E-state index < -0.39 is 0 Å². The molecule has 10 heteroatoms. The minimum Gasteiger partial charge on any atom is -1.00 e. The van der Waals surface area contributed by atoms with Gasteiger partial charge in [-0.25, -0.2) is 4.68 Å². The number of hydrogen-bond acceptors (Lipinski definition) is 8. The van der Waals surface area contributed by atoms with Crippen LogP contribution in [0.4, 0.5) is 0 Å². The van der Waals surface area contributed by atoms with Crippen molar-refractivity contribution >= 4 is 0 Å². The Morgan fingerprint density at radius 2 is 1.76 bits per heavy atom. The molecule has 33 heavy (non-hydrogen) atoms. The molecule has 2 aromatic carbocycles. The second-order valence-corrected chi connectivity index (χ2v) is 8.03. The molecule has 2 aliphatic heterocycles. The largest absolute Gasteiger partial charge is 1.00 e. The predicted octanol–water partition coefficient (Wildman–Crippen LogP) is -0.810. The molecule has 0 saturated carbocycles. The van der Waals surface area contributed by atoms with Gasteiger partial charge in [-0.2, -0.15) is 0 Å². The summed E-state index contributed by atoms with van der Waals surface area (Å²) in [5.74, 6) is 3.20. The van der Waals surface area contributed by atoms with Crippen molar-refractivity contribution in [2.45, 2.75) is 19.5 Å². The van der Waals surface area contributed by atoms with Gasteiger partial charge in [-0.05, 0) is 52.4 Å². The molecule has 0 aliphatic carbocycles. The number of tetrazole rings is 1. The Kier molecular flexibility index (Phi) is 7.32. The maximum absolute atomic E-state index is 5.54. The van der Waals surface area contributed by atoms with Crippen molar-refractivity contribution in [1.29, 1.82) is 0 Å². The van der Waals surface area contributed by atoms with Crippen molar-refractivity contribution in [2.75, 3.05) is 46.6 Å². The SMILES string of the molecule is CCN1CCN(C(c2ccc(OC)cc2)c2nnnn2Cc2ccc3c(c2)OCO3)CC1.[Cl-]. The van der Waals surface area contributed by atoms with Gasteiger partial charge in [-0.15, -0.1) is 5.10 Å². The molecule has 3 heterocycles. The van der Waals surface area contributed by atoms with Gasteiger partial charge in [0.2, 0.25) is 6.79 Å². The van der Waals surface area contributed by atoms with Crippen molar-refractivity contribution in [3.63, 3.8) is 0 Å². The molecule has 0 radical (unpaired) electrons. The summed E-state index contributed by atoms with van der Waals surface area (Å²) in [6.07, 6.45) is 0. The zero-order valence-corrected chi connectivity index (χ0v) is 19.6. The number of piperazine rings is 1. The van der Waals surface area contributed by atoms with E-state index in [-0.39, 0.29) is 25.2 Å². The first-order valence-corrected chi connectivity index (χ1v) is 11.0. The van der Waals surface area contributed by atoms with Crippen LogP contribution in [-0.4, -0.2) is 76.6 Å². The third kappa shape index (κ3) is 4.90. The van der Waals surface area contributed by atoms with Gasteiger partial charge in [-0.3, -0.25) is 4.90 Å². The molecule has 5 rings (SSSR count). The second-order valence-electron chi connectivity index (χ2n) is 8.03. The lowest BCUT2D eigenvalue weighted by atomic mass is 10.0. The summed E-state index contributed by atoms with van der Waals surface area (Å²) in [6.45, 7) is 8.09. The van der Waals surface area contributed by atoms with E-state index in [0.717, 1.165) is 66.9 Å². The third-order valence-electron chi connectivity index (χ3n) is 6.22. The summed E-state index contributed by atoms with van der Waals surface area (Å²) < 4.78 is 18.2. The maximum atomic E-state index is 5.54. The second kappa shape index (κ2) is 10.4. The first-order valence-electron chi connectivity index (χ1n) is 11.0. The predicted molar refractivity (Wildman–Crippen MR) is 118 cm³/mol. The quantitative estimate of drug-likeness (QED) is 0.443. The number of aromatic nitrogens is 4. The summed E-state index contributed by atoms with van der Waals surface area (Å²) in [6, 6.07) is 14.1. The number of ether oxygens (including phenoxy) is 3. The summed E-state index contributed by atoms with van der Waals surface area (Å²) in [5.41, 5.74) is 2.21. The van der Waals surface area contributed by atoms with Gasteiger partial charge in [0.15, 0.2) is 17.3 Å². The monoisotopic (exact) mass is 471 g/mol. The first-order chi connectivity index (χ1) is 15.7. The van der Waals surface area contributed by atoms with Gasteiger partial charge in [0, 0.05) is 26.2 Å². The molecule has 0 amide bonds. The first kappa shape index (κ1) is 23.3. The number of halogens is 1. The molecule has 3 aromatic rings. The number of likely N-dealkylation sites (N-methyl/N-ethyl adjacent to an activating group) is 1. The molecular formula is C23H28ClN6O3-. The van der Waals surface area contributed by atoms with Crippen molar-refractivity contribution in [2.24, 2.45) is 0 Å². The zero-order valence-electron chi connectivity index (χ0n) is 18.9. The lowest BCUT2D eigenvalue weighted by Gasteiger charge is -2.38. The number of nitrogens with zero attached hydrogens (tertiary/aromatic N) is 6. The Hall–Kier alpha value is -2.88. The molecule has 0 N–H and O–H groups in total. The smallest absolute Gasteiger partial charge is 0.231 e. The van der Waals surface area contributed by atoms with E-state index in [1.807, 2.05) is 35.0 Å².